The van der Waals surface area contributed by atoms with Crippen molar-refractivity contribution < 1.29 is 185 Å². The van der Waals surface area contributed by atoms with Crippen molar-refractivity contribution in [2.24, 2.45) is 0 Å². The summed E-state index contributed by atoms with van der Waals surface area (Å²) in [6.45, 7) is 14.2. The van der Waals surface area contributed by atoms with Crippen LogP contribution in [0.3, 0.4) is 0 Å². The Morgan fingerprint density at radius 1 is 0.175 bits per heavy atom. The molecule has 0 aliphatic heterocycles. The van der Waals surface area contributed by atoms with Crippen molar-refractivity contribution in [2.75, 3.05) is 26.2 Å². The largest absolute Gasteiger partial charge is 0.631 e. The third-order valence-corrected chi connectivity index (χ3v) is 2.68. The Balaban J connectivity index is -0.0000000338. The Morgan fingerprint density at radius 2 is 0.211 bits per heavy atom. The Bertz CT molecular complexity index is 378. The molecule has 0 rings (SSSR count). The first-order chi connectivity index (χ1) is 25.0. The second kappa shape index (κ2) is 79.5. The Hall–Kier alpha value is -0.701. The maximum Gasteiger partial charge on any atom is 0.631 e. The maximum absolute atomic E-state index is 7.17. The third kappa shape index (κ3) is 1230. The predicted molar refractivity (Wildman–Crippen MR) is 191 cm³/mol. The Kier molecular flexibility index (Phi) is 128. The van der Waals surface area contributed by atoms with Gasteiger partial charge in [-0.1, -0.05) is 0 Å². The molecule has 0 spiro atoms. The van der Waals surface area contributed by atoms with Gasteiger partial charge in [0.05, 0.1) is 26.2 Å². The minimum absolute atomic E-state index is 1.28. The lowest BCUT2D eigenvalue weighted by Gasteiger charge is -2.34. The Morgan fingerprint density at radius 3 is 0.211 bits per heavy atom. The summed E-state index contributed by atoms with van der Waals surface area (Å²) in [7, 11) is -26.0. The van der Waals surface area contributed by atoms with Gasteiger partial charge in [0, 0.05) is 0 Å². The van der Waals surface area contributed by atoms with E-state index in [9.17, 15) is 0 Å². The van der Waals surface area contributed by atoms with Crippen LogP contribution in [-0.2, 0) is 0 Å². The topological polar surface area (TPSA) is 728 Å². The lowest BCUT2D eigenvalue weighted by Crippen LogP contribution is -2.47. The van der Waals surface area contributed by atoms with E-state index in [0.29, 0.717) is 0 Å². The zero-order valence-corrected chi connectivity index (χ0v) is 30.3. The lowest BCUT2D eigenvalue weighted by molar-refractivity contribution is -0.921. The quantitative estimate of drug-likeness (QED) is 0.0921. The number of hydrogen-bond donors (Lipinski definition) is 36. The molecule has 0 heterocycles. The summed E-state index contributed by atoms with van der Waals surface area (Å²) >= 11 is 0. The lowest BCUT2D eigenvalue weighted by atomic mass is 10.3. The Labute approximate surface area is 327 Å². The molecular formula is C8H56B12NO36+. The van der Waals surface area contributed by atoms with Crippen LogP contribution in [0.5, 0.6) is 0 Å². The highest BCUT2D eigenvalue weighted by Gasteiger charge is 2.16. The number of quaternary nitrogens is 1. The third-order valence-electron chi connectivity index (χ3n) is 2.68. The molecule has 0 saturated carbocycles. The summed E-state index contributed by atoms with van der Waals surface area (Å²) in [4.78, 5) is 0. The highest BCUT2D eigenvalue weighted by atomic mass is 16.6. The molecule has 0 amide bonds. The molecular weight excluding hydrogens is 816 g/mol. The van der Waals surface area contributed by atoms with Crippen LogP contribution in [-0.4, -0.2) is 299 Å². The molecule has 344 valence electrons. The number of nitrogens with zero attached hydrogens (tertiary/aromatic N) is 1. The fourth-order valence-electron chi connectivity index (χ4n) is 1.34. The first kappa shape index (κ1) is 91.8. The van der Waals surface area contributed by atoms with Crippen LogP contribution < -0.4 is 0 Å². The smallest absolute Gasteiger partial charge is 0.402 e. The number of hydrogen-bond acceptors (Lipinski definition) is 36. The van der Waals surface area contributed by atoms with Gasteiger partial charge in [0.15, 0.2) is 0 Å². The van der Waals surface area contributed by atoms with Crippen LogP contribution in [0.15, 0.2) is 0 Å². The molecule has 0 atom stereocenters. The van der Waals surface area contributed by atoms with E-state index < -0.39 is 87.9 Å². The van der Waals surface area contributed by atoms with Crippen LogP contribution in [0, 0.1) is 0 Å². The van der Waals surface area contributed by atoms with Crippen molar-refractivity contribution in [3.8, 4) is 0 Å². The average molecular weight is 872 g/mol. The van der Waals surface area contributed by atoms with Gasteiger partial charge in [0.1, 0.15) is 0 Å². The van der Waals surface area contributed by atoms with Gasteiger partial charge in [-0.2, -0.15) is 0 Å². The molecule has 0 aromatic carbocycles. The minimum atomic E-state index is -2.17. The molecule has 36 N–H and O–H groups in total. The van der Waals surface area contributed by atoms with E-state index in [2.05, 4.69) is 27.7 Å². The second-order valence-electron chi connectivity index (χ2n) is 6.76. The summed E-state index contributed by atoms with van der Waals surface area (Å²) in [6.07, 6.45) is 0. The molecule has 0 aliphatic carbocycles. The van der Waals surface area contributed by atoms with Crippen molar-refractivity contribution in [1.82, 2.24) is 0 Å². The van der Waals surface area contributed by atoms with Gasteiger partial charge >= 0.3 is 87.9 Å². The second-order valence-corrected chi connectivity index (χ2v) is 6.76. The van der Waals surface area contributed by atoms with Gasteiger partial charge < -0.3 is 185 Å². The standard InChI is InChI=1S/C8H20N.12BH3O3/c1-5-9(6-2,7-3)8-4;12*2-1(3)4/h5-8H2,1-4H3;12*2-4H/q+1;;;;;;;;;;;;. The van der Waals surface area contributed by atoms with Crippen LogP contribution in [0.2, 0.25) is 0 Å². The first-order valence-electron chi connectivity index (χ1n) is 13.4. The fraction of sp³-hybridized carbons (Fsp3) is 1.00. The van der Waals surface area contributed by atoms with Gasteiger partial charge in [0.2, 0.25) is 0 Å². The van der Waals surface area contributed by atoms with E-state index in [-0.39, 0.29) is 0 Å². The number of rotatable bonds is 4. The van der Waals surface area contributed by atoms with Crippen LogP contribution in [0.25, 0.3) is 0 Å². The van der Waals surface area contributed by atoms with Crippen LogP contribution in [0.1, 0.15) is 27.7 Å². The summed E-state index contributed by atoms with van der Waals surface area (Å²) in [5.74, 6) is 0. The van der Waals surface area contributed by atoms with Gasteiger partial charge in [-0.3, -0.25) is 0 Å². The van der Waals surface area contributed by atoms with E-state index >= 15 is 0 Å². The highest BCUT2D eigenvalue weighted by molar-refractivity contribution is 6.33. The minimum Gasteiger partial charge on any atom is -0.402 e. The molecule has 0 saturated heterocycles. The maximum atomic E-state index is 7.17. The molecule has 0 fully saturated rings. The SMILES string of the molecule is CC[N+](CC)(CC)CC.OB(O)O.OB(O)O.OB(O)O.OB(O)O.OB(O)O.OB(O)O.OB(O)O.OB(O)O.OB(O)O.OB(O)O.OB(O)O.OB(O)O. The molecule has 0 radical (unpaired) electrons. The molecule has 0 aromatic heterocycles. The van der Waals surface area contributed by atoms with Gasteiger partial charge in [-0.15, -0.1) is 0 Å². The highest BCUT2D eigenvalue weighted by Crippen LogP contribution is 2.03. The predicted octanol–water partition coefficient (Wildman–Crippen LogP) is -22.7. The molecule has 0 bridgehead atoms. The fourth-order valence-corrected chi connectivity index (χ4v) is 1.34. The monoisotopic (exact) mass is 874 g/mol. The summed E-state index contributed by atoms with van der Waals surface area (Å²) in [5.41, 5.74) is 0. The molecule has 57 heavy (non-hydrogen) atoms. The summed E-state index contributed by atoms with van der Waals surface area (Å²) in [6, 6.07) is 0. The summed E-state index contributed by atoms with van der Waals surface area (Å²) in [5, 5.41) is 258. The van der Waals surface area contributed by atoms with Crippen molar-refractivity contribution in [3.63, 3.8) is 0 Å². The van der Waals surface area contributed by atoms with Gasteiger partial charge in [0.25, 0.3) is 0 Å². The van der Waals surface area contributed by atoms with E-state index in [0.717, 1.165) is 0 Å². The first-order valence-corrected chi connectivity index (χ1v) is 13.4. The van der Waals surface area contributed by atoms with Crippen molar-refractivity contribution in [2.45, 2.75) is 27.7 Å². The van der Waals surface area contributed by atoms with Crippen molar-refractivity contribution >= 4 is 87.9 Å². The molecule has 37 nitrogen and oxygen atoms in total. The van der Waals surface area contributed by atoms with E-state index in [4.69, 9.17) is 181 Å². The molecule has 0 aromatic rings. The normalized spacial score (nSPS) is 7.58. The van der Waals surface area contributed by atoms with Gasteiger partial charge in [-0.05, 0) is 27.7 Å². The molecule has 49 heteroatoms. The summed E-state index contributed by atoms with van der Waals surface area (Å²) < 4.78 is 1.28. The van der Waals surface area contributed by atoms with Crippen molar-refractivity contribution in [3.05, 3.63) is 0 Å². The van der Waals surface area contributed by atoms with E-state index in [1.165, 1.54) is 30.7 Å². The molecule has 0 aliphatic rings. The molecule has 0 unspecified atom stereocenters. The van der Waals surface area contributed by atoms with Gasteiger partial charge in [-0.25, -0.2) is 0 Å². The average Bonchev–Trinajstić information content (AvgIpc) is 2.86. The van der Waals surface area contributed by atoms with Crippen molar-refractivity contribution in [1.29, 1.82) is 0 Å². The zero-order valence-electron chi connectivity index (χ0n) is 30.3. The van der Waals surface area contributed by atoms with E-state index in [1.54, 1.807) is 0 Å². The zero-order chi connectivity index (χ0) is 50.3. The van der Waals surface area contributed by atoms with Crippen LogP contribution in [0.4, 0.5) is 0 Å². The van der Waals surface area contributed by atoms with Crippen LogP contribution >= 0.6 is 0 Å². The van der Waals surface area contributed by atoms with E-state index in [1.807, 2.05) is 0 Å².